The zero-order chi connectivity index (χ0) is 18.9. The molecule has 0 saturated heterocycles. The van der Waals surface area contributed by atoms with E-state index in [2.05, 4.69) is 16.0 Å². The molecule has 3 N–H and O–H groups in total. The number of hydrogen-bond donors (Lipinski definition) is 2. The number of aromatic nitrogens is 2. The Hall–Kier alpha value is -3.32. The lowest BCUT2D eigenvalue weighted by Crippen LogP contribution is -2.05. The SMILES string of the molecule is N#CCCSc1nc(N)c(C#N)c(-c2ccc(OCCO)cn2)c1C#N. The van der Waals surface area contributed by atoms with Crippen molar-refractivity contribution in [3.8, 4) is 35.2 Å². The van der Waals surface area contributed by atoms with Gasteiger partial charge < -0.3 is 15.6 Å². The first-order valence-electron chi connectivity index (χ1n) is 7.49. The number of hydrogen-bond acceptors (Lipinski definition) is 9. The van der Waals surface area contributed by atoms with Crippen molar-refractivity contribution >= 4 is 17.6 Å². The summed E-state index contributed by atoms with van der Waals surface area (Å²) < 4.78 is 5.26. The summed E-state index contributed by atoms with van der Waals surface area (Å²) in [5.41, 5.74) is 6.84. The Bertz CT molecular complexity index is 909. The van der Waals surface area contributed by atoms with E-state index in [-0.39, 0.29) is 30.2 Å². The highest BCUT2D eigenvalue weighted by Gasteiger charge is 2.21. The molecule has 0 amide bonds. The molecule has 2 rings (SSSR count). The average molecular weight is 366 g/mol. The molecule has 0 bridgehead atoms. The topological polar surface area (TPSA) is 153 Å². The fourth-order valence-corrected chi connectivity index (χ4v) is 2.97. The van der Waals surface area contributed by atoms with E-state index in [9.17, 15) is 10.5 Å². The molecule has 0 unspecified atom stereocenters. The van der Waals surface area contributed by atoms with Gasteiger partial charge in [0.2, 0.25) is 0 Å². The zero-order valence-corrected chi connectivity index (χ0v) is 14.5. The highest BCUT2D eigenvalue weighted by atomic mass is 32.2. The molecule has 0 atom stereocenters. The molecule has 2 aromatic rings. The molecule has 0 saturated carbocycles. The van der Waals surface area contributed by atoms with Crippen LogP contribution < -0.4 is 10.5 Å². The third kappa shape index (κ3) is 4.20. The number of nitrogens with two attached hydrogens (primary N) is 1. The van der Waals surface area contributed by atoms with Crippen molar-refractivity contribution in [2.45, 2.75) is 11.4 Å². The van der Waals surface area contributed by atoms with Crippen LogP contribution in [0, 0.1) is 34.0 Å². The van der Waals surface area contributed by atoms with E-state index in [0.717, 1.165) is 0 Å². The minimum Gasteiger partial charge on any atom is -0.490 e. The third-order valence-corrected chi connectivity index (χ3v) is 4.20. The molecule has 130 valence electrons. The second-order valence-electron chi connectivity index (χ2n) is 4.86. The lowest BCUT2D eigenvalue weighted by molar-refractivity contribution is 0.201. The zero-order valence-electron chi connectivity index (χ0n) is 13.6. The first-order valence-corrected chi connectivity index (χ1v) is 8.48. The Kier molecular flexibility index (Phi) is 6.75. The second kappa shape index (κ2) is 9.24. The Morgan fingerprint density at radius 1 is 1.19 bits per heavy atom. The fraction of sp³-hybridized carbons (Fsp3) is 0.235. The van der Waals surface area contributed by atoms with Crippen LogP contribution in [0.15, 0.2) is 23.4 Å². The van der Waals surface area contributed by atoms with E-state index in [1.165, 1.54) is 18.0 Å². The summed E-state index contributed by atoms with van der Waals surface area (Å²) in [6, 6.07) is 9.29. The van der Waals surface area contributed by atoms with E-state index in [0.29, 0.717) is 34.2 Å². The number of nitriles is 3. The van der Waals surface area contributed by atoms with Crippen molar-refractivity contribution in [2.24, 2.45) is 0 Å². The van der Waals surface area contributed by atoms with Gasteiger partial charge in [-0.1, -0.05) is 0 Å². The number of ether oxygens (including phenoxy) is 1. The van der Waals surface area contributed by atoms with Crippen LogP contribution in [0.4, 0.5) is 5.82 Å². The molecule has 2 heterocycles. The number of aliphatic hydroxyl groups excluding tert-OH is 1. The standard InChI is InChI=1S/C17H14N6O2S/c18-4-1-7-26-17-13(9-20)15(12(8-19)16(21)23-17)14-3-2-11(10-22-14)25-6-5-24/h2-3,10,24H,1,5-7H2,(H2,21,23). The van der Waals surface area contributed by atoms with Crippen molar-refractivity contribution in [1.29, 1.82) is 15.8 Å². The maximum absolute atomic E-state index is 9.60. The monoisotopic (exact) mass is 366 g/mol. The highest BCUT2D eigenvalue weighted by Crippen LogP contribution is 2.35. The number of nitrogen functional groups attached to an aromatic ring is 1. The van der Waals surface area contributed by atoms with Crippen molar-refractivity contribution < 1.29 is 9.84 Å². The van der Waals surface area contributed by atoms with Crippen LogP contribution in [0.25, 0.3) is 11.3 Å². The average Bonchev–Trinajstić information content (AvgIpc) is 2.66. The molecule has 9 heteroatoms. The minimum atomic E-state index is -0.122. The Labute approximate surface area is 154 Å². The molecular weight excluding hydrogens is 352 g/mol. The van der Waals surface area contributed by atoms with Gasteiger partial charge in [-0.25, -0.2) is 4.98 Å². The van der Waals surface area contributed by atoms with Crippen molar-refractivity contribution in [3.63, 3.8) is 0 Å². The predicted octanol–water partition coefficient (Wildman–Crippen LogP) is 1.85. The van der Waals surface area contributed by atoms with Crippen LogP contribution >= 0.6 is 11.8 Å². The minimum absolute atomic E-state index is 0.00312. The number of nitrogens with zero attached hydrogens (tertiary/aromatic N) is 5. The smallest absolute Gasteiger partial charge is 0.143 e. The van der Waals surface area contributed by atoms with Crippen LogP contribution in [0.3, 0.4) is 0 Å². The molecule has 0 radical (unpaired) electrons. The van der Waals surface area contributed by atoms with E-state index in [1.807, 2.05) is 12.1 Å². The highest BCUT2D eigenvalue weighted by molar-refractivity contribution is 7.99. The maximum Gasteiger partial charge on any atom is 0.143 e. The molecular formula is C17H14N6O2S. The normalized spacial score (nSPS) is 9.77. The number of aliphatic hydroxyl groups is 1. The Morgan fingerprint density at radius 2 is 1.96 bits per heavy atom. The largest absolute Gasteiger partial charge is 0.490 e. The van der Waals surface area contributed by atoms with E-state index in [4.69, 9.17) is 20.8 Å². The molecule has 0 spiro atoms. The van der Waals surface area contributed by atoms with Gasteiger partial charge in [0.05, 0.1) is 30.1 Å². The van der Waals surface area contributed by atoms with Crippen LogP contribution in [-0.4, -0.2) is 34.0 Å². The van der Waals surface area contributed by atoms with E-state index in [1.54, 1.807) is 12.1 Å². The first-order chi connectivity index (χ1) is 12.7. The van der Waals surface area contributed by atoms with Crippen molar-refractivity contribution in [3.05, 3.63) is 29.5 Å². The molecule has 2 aromatic heterocycles. The summed E-state index contributed by atoms with van der Waals surface area (Å²) in [4.78, 5) is 8.38. The van der Waals surface area contributed by atoms with Gasteiger partial charge in [-0.3, -0.25) is 4.98 Å². The van der Waals surface area contributed by atoms with Gasteiger partial charge in [0.15, 0.2) is 0 Å². The summed E-state index contributed by atoms with van der Waals surface area (Å²) in [6.45, 7) is 0.0128. The summed E-state index contributed by atoms with van der Waals surface area (Å²) in [7, 11) is 0. The number of thioether (sulfide) groups is 1. The lowest BCUT2D eigenvalue weighted by atomic mass is 10.0. The Morgan fingerprint density at radius 3 is 2.54 bits per heavy atom. The summed E-state index contributed by atoms with van der Waals surface area (Å²) >= 11 is 1.23. The number of pyridine rings is 2. The molecule has 0 aliphatic carbocycles. The quantitative estimate of drug-likeness (QED) is 0.552. The molecule has 8 nitrogen and oxygen atoms in total. The van der Waals surface area contributed by atoms with Gasteiger partial charge in [0.1, 0.15) is 40.9 Å². The van der Waals surface area contributed by atoms with E-state index < -0.39 is 0 Å². The molecule has 26 heavy (non-hydrogen) atoms. The van der Waals surface area contributed by atoms with Crippen LogP contribution in [0.1, 0.15) is 17.5 Å². The number of rotatable bonds is 7. The van der Waals surface area contributed by atoms with Gasteiger partial charge in [0.25, 0.3) is 0 Å². The lowest BCUT2D eigenvalue weighted by Gasteiger charge is -2.12. The van der Waals surface area contributed by atoms with E-state index >= 15 is 0 Å². The Balaban J connectivity index is 2.53. The van der Waals surface area contributed by atoms with Crippen LogP contribution in [0.5, 0.6) is 5.75 Å². The molecule has 0 aromatic carbocycles. The molecule has 0 fully saturated rings. The molecule has 0 aliphatic rings. The van der Waals surface area contributed by atoms with Crippen LogP contribution in [-0.2, 0) is 0 Å². The number of anilines is 1. The summed E-state index contributed by atoms with van der Waals surface area (Å²) in [6.07, 6.45) is 1.73. The first kappa shape index (κ1) is 19.0. The van der Waals surface area contributed by atoms with Crippen LogP contribution in [0.2, 0.25) is 0 Å². The summed E-state index contributed by atoms with van der Waals surface area (Å²) in [5, 5.41) is 36.9. The second-order valence-corrected chi connectivity index (χ2v) is 5.94. The van der Waals surface area contributed by atoms with Crippen molar-refractivity contribution in [2.75, 3.05) is 24.7 Å². The fourth-order valence-electron chi connectivity index (χ4n) is 2.13. The summed E-state index contributed by atoms with van der Waals surface area (Å²) in [5.74, 6) is 0.901. The maximum atomic E-state index is 9.60. The molecule has 0 aliphatic heterocycles. The van der Waals surface area contributed by atoms with Gasteiger partial charge in [-0.2, -0.15) is 15.8 Å². The van der Waals surface area contributed by atoms with Gasteiger partial charge in [0, 0.05) is 17.7 Å². The third-order valence-electron chi connectivity index (χ3n) is 3.22. The van der Waals surface area contributed by atoms with Gasteiger partial charge >= 0.3 is 0 Å². The van der Waals surface area contributed by atoms with Gasteiger partial charge in [-0.05, 0) is 12.1 Å². The van der Waals surface area contributed by atoms with Crippen molar-refractivity contribution in [1.82, 2.24) is 9.97 Å². The predicted molar refractivity (Wildman–Crippen MR) is 94.8 cm³/mol. The van der Waals surface area contributed by atoms with Gasteiger partial charge in [-0.15, -0.1) is 11.8 Å².